The maximum absolute atomic E-state index is 11.5. The normalized spacial score (nSPS) is 10.8. The van der Waals surface area contributed by atoms with Gasteiger partial charge in [-0.3, -0.25) is 33.6 Å². The fourth-order valence-electron chi connectivity index (χ4n) is 6.26. The van der Waals surface area contributed by atoms with Gasteiger partial charge in [0.1, 0.15) is 5.78 Å². The van der Waals surface area contributed by atoms with Gasteiger partial charge in [0.05, 0.1) is 90.1 Å². The molecule has 0 aromatic carbocycles. The maximum Gasteiger partial charge on any atom is 0.222 e. The molecule has 0 aliphatic heterocycles. The SMILES string of the molecule is C.CCC(=O)CCOCC(COCCC(N)=O)(COCCC(=O)NC)COCCC(=O)NC.CNC(=O)CCCCOCC(COCCCCC([NH-])=O)(COCCCCC(=O)NC)COCCCCC(=O)NC.[W].[W]. The van der Waals surface area contributed by atoms with Crippen molar-refractivity contribution >= 4 is 47.1 Å². The summed E-state index contributed by atoms with van der Waals surface area (Å²) in [6, 6.07) is 0. The van der Waals surface area contributed by atoms with Gasteiger partial charge < -0.3 is 80.7 Å². The Morgan fingerprint density at radius 3 is 0.867 bits per heavy atom. The van der Waals surface area contributed by atoms with Crippen molar-refractivity contribution in [3.8, 4) is 0 Å². The summed E-state index contributed by atoms with van der Waals surface area (Å²) in [7, 11) is 7.95. The molecule has 7 amide bonds. The molecule has 0 saturated heterocycles. The molecule has 0 unspecified atom stereocenters. The third-order valence-electron chi connectivity index (χ3n) is 10.8. The fraction of sp³-hybridized carbons (Fsp3) is 0.840. The molecule has 0 radical (unpaired) electrons. The smallest absolute Gasteiger partial charge is 0.222 e. The Morgan fingerprint density at radius 1 is 0.373 bits per heavy atom. The first-order chi connectivity index (χ1) is 34.6. The van der Waals surface area contributed by atoms with E-state index in [0.29, 0.717) is 97.8 Å². The third kappa shape index (κ3) is 51.5. The van der Waals surface area contributed by atoms with Gasteiger partial charge in [-0.15, -0.1) is 0 Å². The van der Waals surface area contributed by atoms with Crippen molar-refractivity contribution in [3.63, 3.8) is 0 Å². The molecule has 0 aliphatic rings. The number of nitrogens with one attached hydrogen (secondary N) is 6. The number of ketones is 1. The molecule has 0 aliphatic carbocycles. The van der Waals surface area contributed by atoms with E-state index in [1.807, 2.05) is 0 Å². The van der Waals surface area contributed by atoms with E-state index in [1.54, 1.807) is 42.2 Å². The Morgan fingerprint density at radius 2 is 0.613 bits per heavy atom. The molecule has 0 rings (SSSR count). The zero-order chi connectivity index (χ0) is 54.1. The minimum atomic E-state index is -0.766. The number of primary amides is 1. The molecular formula is C50H96N7O16W2-. The van der Waals surface area contributed by atoms with E-state index in [4.69, 9.17) is 49.4 Å². The second kappa shape index (κ2) is 55.8. The average Bonchev–Trinajstić information content (AvgIpc) is 3.37. The molecule has 23 nitrogen and oxygen atoms in total. The van der Waals surface area contributed by atoms with E-state index < -0.39 is 22.6 Å². The Labute approximate surface area is 476 Å². The van der Waals surface area contributed by atoms with Crippen LogP contribution < -0.4 is 32.3 Å². The minimum absolute atomic E-state index is 0. The second-order valence-corrected chi connectivity index (χ2v) is 17.4. The number of Topliss-reactive ketones (excluding diaryl/α,β-unsaturated/α-hetero) is 1. The van der Waals surface area contributed by atoms with E-state index >= 15 is 0 Å². The van der Waals surface area contributed by atoms with Crippen molar-refractivity contribution in [3.05, 3.63) is 5.73 Å². The summed E-state index contributed by atoms with van der Waals surface area (Å²) < 4.78 is 46.9. The molecule has 0 bridgehead atoms. The van der Waals surface area contributed by atoms with Crippen molar-refractivity contribution in [1.82, 2.24) is 26.6 Å². The molecule has 0 heterocycles. The summed E-state index contributed by atoms with van der Waals surface area (Å²) >= 11 is 0. The van der Waals surface area contributed by atoms with Crippen LogP contribution in [-0.4, -0.2) is 188 Å². The van der Waals surface area contributed by atoms with Crippen molar-refractivity contribution in [2.45, 2.75) is 124 Å². The van der Waals surface area contributed by atoms with Crippen LogP contribution in [0.4, 0.5) is 0 Å². The number of amides is 7. The van der Waals surface area contributed by atoms with E-state index in [9.17, 15) is 38.4 Å². The molecule has 440 valence electrons. The largest absolute Gasteiger partial charge is 0.668 e. The summed E-state index contributed by atoms with van der Waals surface area (Å²) in [5, 5.41) is 12.9. The standard InChI is InChI=1S/C28H54N4O8.C21H39N3O8.CH4.2W/c1-30-25(34)13-5-9-17-38-21-28(20-37-16-8-4-12-24(29)33,22-39-18-10-6-14-26(35)31-2)23-40-19-11-7-15-27(36)32-3;1-4-17(25)5-9-29-13-21(14-30-10-6-18(22)26,15-31-11-7-19(27)23-2)16-32-12-8-20(28)24-3;;;/h4-23H2,1-3H3,(H5,29,30,31,32,33,34,35,36);4-16H2,1-3H3,(H2,22,26)(H,23,27)(H,24,28);1H4;;/p-1. The zero-order valence-corrected chi connectivity index (χ0v) is 51.1. The second-order valence-electron chi connectivity index (χ2n) is 17.4. The third-order valence-corrected chi connectivity index (χ3v) is 10.8. The predicted molar refractivity (Wildman–Crippen MR) is 276 cm³/mol. The van der Waals surface area contributed by atoms with Gasteiger partial charge in [0.2, 0.25) is 35.4 Å². The van der Waals surface area contributed by atoms with Gasteiger partial charge in [0.25, 0.3) is 0 Å². The topological polar surface area (TPSA) is 320 Å². The Hall–Kier alpha value is -2.98. The number of nitrogens with two attached hydrogens (primary N) is 1. The summed E-state index contributed by atoms with van der Waals surface area (Å²) in [4.78, 5) is 90.7. The fourth-order valence-corrected chi connectivity index (χ4v) is 6.26. The first-order valence-electron chi connectivity index (χ1n) is 25.3. The van der Waals surface area contributed by atoms with Crippen molar-refractivity contribution in [1.29, 1.82) is 0 Å². The molecule has 0 spiro atoms. The van der Waals surface area contributed by atoms with Crippen molar-refractivity contribution in [2.24, 2.45) is 16.6 Å². The zero-order valence-electron chi connectivity index (χ0n) is 45.3. The van der Waals surface area contributed by atoms with Crippen LogP contribution in [0.25, 0.3) is 5.73 Å². The van der Waals surface area contributed by atoms with Gasteiger partial charge in [-0.05, 0) is 57.8 Å². The summed E-state index contributed by atoms with van der Waals surface area (Å²) in [6.07, 6.45) is 8.42. The number of hydrogen-bond acceptors (Lipinski definition) is 16. The number of rotatable bonds is 49. The van der Waals surface area contributed by atoms with E-state index in [1.165, 1.54) is 0 Å². The Bertz CT molecular complexity index is 1360. The van der Waals surface area contributed by atoms with Crippen LogP contribution in [0.15, 0.2) is 0 Å². The molecular weight excluding hydrogens is 1320 g/mol. The minimum Gasteiger partial charge on any atom is -0.668 e. The van der Waals surface area contributed by atoms with E-state index in [-0.39, 0.29) is 163 Å². The van der Waals surface area contributed by atoms with Gasteiger partial charge in [-0.2, -0.15) is 0 Å². The number of carbonyl (C=O) groups excluding carboxylic acids is 8. The first-order valence-corrected chi connectivity index (χ1v) is 25.3. The molecule has 75 heavy (non-hydrogen) atoms. The molecule has 25 heteroatoms. The van der Waals surface area contributed by atoms with Gasteiger partial charge in [0, 0.05) is 161 Å². The van der Waals surface area contributed by atoms with E-state index in [2.05, 4.69) is 26.6 Å². The summed E-state index contributed by atoms with van der Waals surface area (Å²) in [5.74, 6) is -1.24. The van der Waals surface area contributed by atoms with E-state index in [0.717, 1.165) is 38.5 Å². The number of carbonyl (C=O) groups is 8. The number of ether oxygens (including phenoxy) is 8. The predicted octanol–water partition coefficient (Wildman–Crippen LogP) is 2.72. The van der Waals surface area contributed by atoms with Crippen LogP contribution in [0, 0.1) is 10.8 Å². The molecule has 0 aromatic heterocycles. The van der Waals surface area contributed by atoms with Gasteiger partial charge in [-0.1, -0.05) is 14.4 Å². The van der Waals surface area contributed by atoms with Gasteiger partial charge >= 0.3 is 0 Å². The van der Waals surface area contributed by atoms with Crippen LogP contribution in [0.3, 0.4) is 0 Å². The van der Waals surface area contributed by atoms with Gasteiger partial charge in [0.15, 0.2) is 0 Å². The first kappa shape index (κ1) is 80.9. The van der Waals surface area contributed by atoms with Crippen molar-refractivity contribution < 1.29 is 118 Å². The molecule has 8 N–H and O–H groups in total. The molecule has 0 atom stereocenters. The molecule has 0 saturated carbocycles. The average molecular weight is 1420 g/mol. The Kier molecular flexibility index (Phi) is 60.1. The summed E-state index contributed by atoms with van der Waals surface area (Å²) in [5.41, 5.74) is 10.9. The quantitative estimate of drug-likeness (QED) is 0.0477. The van der Waals surface area contributed by atoms with Gasteiger partial charge in [-0.25, -0.2) is 0 Å². The molecule has 0 fully saturated rings. The number of hydrogen-bond donors (Lipinski definition) is 6. The van der Waals surface area contributed by atoms with Crippen LogP contribution in [0.2, 0.25) is 0 Å². The van der Waals surface area contributed by atoms with Crippen LogP contribution in [0.1, 0.15) is 124 Å². The van der Waals surface area contributed by atoms with Crippen molar-refractivity contribution in [2.75, 3.05) is 141 Å². The van der Waals surface area contributed by atoms with Crippen LogP contribution in [0.5, 0.6) is 0 Å². The Balaban J connectivity index is -0.000000428. The van der Waals surface area contributed by atoms with Crippen LogP contribution >= 0.6 is 0 Å². The monoisotopic (exact) mass is 1420 g/mol. The maximum atomic E-state index is 11.5. The van der Waals surface area contributed by atoms with Crippen LogP contribution in [-0.2, 0) is 118 Å². The molecule has 0 aromatic rings. The number of unbranched alkanes of at least 4 members (excludes halogenated alkanes) is 4. The summed E-state index contributed by atoms with van der Waals surface area (Å²) in [6.45, 7) is 6.42.